The molecule has 0 fully saturated rings. The monoisotopic (exact) mass is 245 g/mol. The quantitative estimate of drug-likeness (QED) is 0.873. The van der Waals surface area contributed by atoms with Crippen LogP contribution in [0, 0.1) is 12.7 Å². The van der Waals surface area contributed by atoms with E-state index < -0.39 is 9.84 Å². The van der Waals surface area contributed by atoms with Gasteiger partial charge in [0.25, 0.3) is 0 Å². The summed E-state index contributed by atoms with van der Waals surface area (Å²) in [6.07, 6.45) is 1.17. The Morgan fingerprint density at radius 1 is 1.44 bits per heavy atom. The van der Waals surface area contributed by atoms with Crippen LogP contribution in [0.2, 0.25) is 0 Å². The van der Waals surface area contributed by atoms with Gasteiger partial charge in [-0.15, -0.1) is 0 Å². The minimum absolute atomic E-state index is 0.0339. The van der Waals surface area contributed by atoms with Gasteiger partial charge in [0.1, 0.15) is 15.7 Å². The Kier molecular flexibility index (Phi) is 4.04. The van der Waals surface area contributed by atoms with Crippen LogP contribution in [0.4, 0.5) is 4.39 Å². The van der Waals surface area contributed by atoms with Crippen LogP contribution in [-0.2, 0) is 9.84 Å². The van der Waals surface area contributed by atoms with Gasteiger partial charge < -0.3 is 5.32 Å². The lowest BCUT2D eigenvalue weighted by atomic mass is 10.0. The van der Waals surface area contributed by atoms with Crippen molar-refractivity contribution in [3.05, 3.63) is 35.1 Å². The SMILES string of the molecule is CNC(CS(C)(=O)=O)c1cc(F)ccc1C. The molecule has 1 unspecified atom stereocenters. The van der Waals surface area contributed by atoms with Crippen LogP contribution >= 0.6 is 0 Å². The first kappa shape index (κ1) is 13.1. The van der Waals surface area contributed by atoms with E-state index in [0.29, 0.717) is 5.56 Å². The van der Waals surface area contributed by atoms with Crippen LogP contribution in [0.1, 0.15) is 17.2 Å². The van der Waals surface area contributed by atoms with Crippen LogP contribution in [0.25, 0.3) is 0 Å². The van der Waals surface area contributed by atoms with E-state index in [2.05, 4.69) is 5.32 Å². The average Bonchev–Trinajstić information content (AvgIpc) is 2.17. The van der Waals surface area contributed by atoms with Crippen LogP contribution in [-0.4, -0.2) is 27.5 Å². The standard InChI is InChI=1S/C11H16FNO2S/c1-8-4-5-9(12)6-10(8)11(13-2)7-16(3,14)15/h4-6,11,13H,7H2,1-3H3. The summed E-state index contributed by atoms with van der Waals surface area (Å²) < 4.78 is 35.6. The van der Waals surface area contributed by atoms with Gasteiger partial charge in [-0.1, -0.05) is 6.07 Å². The maximum absolute atomic E-state index is 13.1. The van der Waals surface area contributed by atoms with E-state index in [4.69, 9.17) is 0 Å². The lowest BCUT2D eigenvalue weighted by molar-refractivity contribution is 0.573. The number of sulfone groups is 1. The van der Waals surface area contributed by atoms with Crippen molar-refractivity contribution in [2.45, 2.75) is 13.0 Å². The molecule has 1 rings (SSSR count). The Hall–Kier alpha value is -0.940. The van der Waals surface area contributed by atoms with Crippen LogP contribution in [0.15, 0.2) is 18.2 Å². The van der Waals surface area contributed by atoms with Crippen LogP contribution in [0.5, 0.6) is 0 Å². The first-order valence-electron chi connectivity index (χ1n) is 4.94. The molecule has 0 radical (unpaired) electrons. The topological polar surface area (TPSA) is 46.2 Å². The lowest BCUT2D eigenvalue weighted by Gasteiger charge is -2.17. The largest absolute Gasteiger partial charge is 0.312 e. The van der Waals surface area contributed by atoms with Crippen molar-refractivity contribution in [1.29, 1.82) is 0 Å². The van der Waals surface area contributed by atoms with Gasteiger partial charge in [0.05, 0.1) is 5.75 Å². The molecule has 90 valence electrons. The first-order chi connectivity index (χ1) is 7.33. The molecule has 1 atom stereocenters. The summed E-state index contributed by atoms with van der Waals surface area (Å²) in [5.74, 6) is -0.386. The lowest BCUT2D eigenvalue weighted by Crippen LogP contribution is -2.25. The predicted octanol–water partition coefficient (Wildman–Crippen LogP) is 1.44. The minimum atomic E-state index is -3.10. The highest BCUT2D eigenvalue weighted by molar-refractivity contribution is 7.90. The number of hydrogen-bond acceptors (Lipinski definition) is 3. The summed E-state index contributed by atoms with van der Waals surface area (Å²) in [5.41, 5.74) is 1.57. The molecule has 1 aromatic rings. The third-order valence-corrected chi connectivity index (χ3v) is 3.37. The van der Waals surface area contributed by atoms with Crippen LogP contribution in [0.3, 0.4) is 0 Å². The summed E-state index contributed by atoms with van der Waals surface area (Å²) in [5, 5.41) is 2.90. The normalized spacial score (nSPS) is 13.8. The van der Waals surface area contributed by atoms with E-state index in [9.17, 15) is 12.8 Å². The van der Waals surface area contributed by atoms with Crippen molar-refractivity contribution >= 4 is 9.84 Å². The summed E-state index contributed by atoms with van der Waals surface area (Å²) >= 11 is 0. The van der Waals surface area contributed by atoms with Crippen molar-refractivity contribution in [2.24, 2.45) is 0 Å². The fourth-order valence-corrected chi connectivity index (χ4v) is 2.57. The van der Waals surface area contributed by atoms with Crippen LogP contribution < -0.4 is 5.32 Å². The second-order valence-corrected chi connectivity index (χ2v) is 6.12. The van der Waals surface area contributed by atoms with E-state index in [1.807, 2.05) is 6.92 Å². The fraction of sp³-hybridized carbons (Fsp3) is 0.455. The van der Waals surface area contributed by atoms with Crippen molar-refractivity contribution in [1.82, 2.24) is 5.32 Å². The molecule has 0 heterocycles. The molecule has 0 spiro atoms. The molecule has 0 aliphatic rings. The van der Waals surface area contributed by atoms with Gasteiger partial charge in [-0.25, -0.2) is 12.8 Å². The Bertz CT molecular complexity index is 471. The molecule has 0 bridgehead atoms. The molecular weight excluding hydrogens is 229 g/mol. The molecule has 0 aromatic heterocycles. The second-order valence-electron chi connectivity index (χ2n) is 3.93. The van der Waals surface area contributed by atoms with Crippen molar-refractivity contribution < 1.29 is 12.8 Å². The molecular formula is C11H16FNO2S. The Balaban J connectivity index is 3.08. The molecule has 0 aliphatic heterocycles. The summed E-state index contributed by atoms with van der Waals surface area (Å²) in [4.78, 5) is 0. The van der Waals surface area contributed by atoms with Crippen molar-refractivity contribution in [2.75, 3.05) is 19.1 Å². The van der Waals surface area contributed by atoms with E-state index in [-0.39, 0.29) is 17.6 Å². The van der Waals surface area contributed by atoms with Gasteiger partial charge in [-0.2, -0.15) is 0 Å². The Morgan fingerprint density at radius 2 is 2.06 bits per heavy atom. The van der Waals surface area contributed by atoms with E-state index in [0.717, 1.165) is 5.56 Å². The summed E-state index contributed by atoms with van der Waals surface area (Å²) in [6.45, 7) is 1.83. The fourth-order valence-electron chi connectivity index (χ4n) is 1.62. The molecule has 0 amide bonds. The third kappa shape index (κ3) is 3.57. The van der Waals surface area contributed by atoms with Crippen molar-refractivity contribution in [3.8, 4) is 0 Å². The molecule has 0 saturated carbocycles. The van der Waals surface area contributed by atoms with Gasteiger partial charge in [0.2, 0.25) is 0 Å². The van der Waals surface area contributed by atoms with E-state index >= 15 is 0 Å². The van der Waals surface area contributed by atoms with E-state index in [1.54, 1.807) is 13.1 Å². The summed E-state index contributed by atoms with van der Waals surface area (Å²) in [7, 11) is -1.43. The molecule has 1 aromatic carbocycles. The zero-order chi connectivity index (χ0) is 12.3. The molecule has 3 nitrogen and oxygen atoms in total. The Morgan fingerprint density at radius 3 is 2.56 bits per heavy atom. The first-order valence-corrected chi connectivity index (χ1v) is 7.00. The molecule has 0 aliphatic carbocycles. The third-order valence-electron chi connectivity index (χ3n) is 2.43. The van der Waals surface area contributed by atoms with E-state index in [1.165, 1.54) is 18.4 Å². The molecule has 16 heavy (non-hydrogen) atoms. The maximum Gasteiger partial charge on any atom is 0.149 e. The summed E-state index contributed by atoms with van der Waals surface area (Å²) in [6, 6.07) is 4.02. The minimum Gasteiger partial charge on any atom is -0.312 e. The van der Waals surface area contributed by atoms with Gasteiger partial charge in [0, 0.05) is 12.3 Å². The van der Waals surface area contributed by atoms with Gasteiger partial charge in [-0.05, 0) is 37.2 Å². The predicted molar refractivity (Wildman–Crippen MR) is 62.6 cm³/mol. The second kappa shape index (κ2) is 4.93. The number of halogens is 1. The highest BCUT2D eigenvalue weighted by atomic mass is 32.2. The molecule has 1 N–H and O–H groups in total. The number of aryl methyl sites for hydroxylation is 1. The maximum atomic E-state index is 13.1. The van der Waals surface area contributed by atoms with Gasteiger partial charge >= 0.3 is 0 Å². The van der Waals surface area contributed by atoms with Crippen molar-refractivity contribution in [3.63, 3.8) is 0 Å². The smallest absolute Gasteiger partial charge is 0.149 e. The number of nitrogens with one attached hydrogen (secondary N) is 1. The Labute approximate surface area is 95.6 Å². The number of rotatable bonds is 4. The van der Waals surface area contributed by atoms with Gasteiger partial charge in [-0.3, -0.25) is 0 Å². The number of hydrogen-bond donors (Lipinski definition) is 1. The zero-order valence-electron chi connectivity index (χ0n) is 9.62. The molecule has 5 heteroatoms. The van der Waals surface area contributed by atoms with Gasteiger partial charge in [0.15, 0.2) is 0 Å². The average molecular weight is 245 g/mol. The highest BCUT2D eigenvalue weighted by Gasteiger charge is 2.17. The highest BCUT2D eigenvalue weighted by Crippen LogP contribution is 2.20. The molecule has 0 saturated heterocycles. The number of benzene rings is 1. The zero-order valence-corrected chi connectivity index (χ0v) is 10.4.